The second kappa shape index (κ2) is 8.29. The average Bonchev–Trinajstić information content (AvgIpc) is 2.46. The zero-order chi connectivity index (χ0) is 18.6. The molecule has 0 aromatic heterocycles. The average molecular weight is 334 g/mol. The van der Waals surface area contributed by atoms with Gasteiger partial charge in [0.1, 0.15) is 5.75 Å². The number of nitrogens with zero attached hydrogens (tertiary/aromatic N) is 2. The van der Waals surface area contributed by atoms with Crippen LogP contribution in [0.2, 0.25) is 0 Å². The van der Waals surface area contributed by atoms with E-state index >= 15 is 0 Å². The molecule has 1 rings (SSSR count). The molecule has 5 nitrogen and oxygen atoms in total. The fraction of sp³-hybridized carbons (Fsp3) is 0.579. The molecule has 0 heterocycles. The van der Waals surface area contributed by atoms with Crippen LogP contribution in [0.3, 0.4) is 0 Å². The van der Waals surface area contributed by atoms with Gasteiger partial charge in [0.2, 0.25) is 5.91 Å². The molecule has 0 fully saturated rings. The Bertz CT molecular complexity index is 588. The van der Waals surface area contributed by atoms with E-state index in [2.05, 4.69) is 0 Å². The first-order chi connectivity index (χ1) is 11.1. The Morgan fingerprint density at radius 1 is 1.17 bits per heavy atom. The lowest BCUT2D eigenvalue weighted by atomic mass is 9.97. The molecule has 0 aliphatic rings. The molecule has 0 aliphatic carbocycles. The van der Waals surface area contributed by atoms with Crippen molar-refractivity contribution in [3.05, 3.63) is 29.3 Å². The second-order valence-electron chi connectivity index (χ2n) is 7.05. The fourth-order valence-electron chi connectivity index (χ4n) is 3.09. The second-order valence-corrected chi connectivity index (χ2v) is 7.05. The van der Waals surface area contributed by atoms with Gasteiger partial charge in [-0.3, -0.25) is 14.5 Å². The van der Waals surface area contributed by atoms with E-state index in [4.69, 9.17) is 0 Å². The molecule has 1 aromatic rings. The number of likely N-dealkylation sites (N-methyl/N-ethyl adjacent to an activating group) is 2. The standard InChI is InChI=1S/C19H30N2O3/c1-12(2)18(20(5)6)19(24)21(7)16(14(4)22)11-15-8-9-17(23)13(3)10-15/h8-10,12,16,18,23H,11H2,1-7H3/t16-,18-/m0/s1. The van der Waals surface area contributed by atoms with Crippen LogP contribution in [0, 0.1) is 12.8 Å². The minimum atomic E-state index is -0.511. The number of phenols is 1. The highest BCUT2D eigenvalue weighted by atomic mass is 16.3. The normalized spacial score (nSPS) is 13.9. The van der Waals surface area contributed by atoms with Gasteiger partial charge in [0.05, 0.1) is 12.1 Å². The largest absolute Gasteiger partial charge is 0.508 e. The third-order valence-electron chi connectivity index (χ3n) is 4.42. The van der Waals surface area contributed by atoms with Crippen molar-refractivity contribution in [1.29, 1.82) is 0 Å². The first-order valence-corrected chi connectivity index (χ1v) is 8.28. The van der Waals surface area contributed by atoms with E-state index in [1.165, 1.54) is 6.92 Å². The summed E-state index contributed by atoms with van der Waals surface area (Å²) in [6.45, 7) is 7.34. The Balaban J connectivity index is 3.04. The molecule has 0 saturated heterocycles. The van der Waals surface area contributed by atoms with Gasteiger partial charge in [-0.15, -0.1) is 0 Å². The van der Waals surface area contributed by atoms with Crippen molar-refractivity contribution in [2.75, 3.05) is 21.1 Å². The highest BCUT2D eigenvalue weighted by Gasteiger charge is 2.32. The summed E-state index contributed by atoms with van der Waals surface area (Å²) >= 11 is 0. The zero-order valence-electron chi connectivity index (χ0n) is 15.8. The lowest BCUT2D eigenvalue weighted by Crippen LogP contribution is -2.52. The van der Waals surface area contributed by atoms with E-state index in [-0.39, 0.29) is 29.4 Å². The maximum absolute atomic E-state index is 12.9. The predicted octanol–water partition coefficient (Wildman–Crippen LogP) is 2.25. The molecule has 0 unspecified atom stereocenters. The van der Waals surface area contributed by atoms with Crippen molar-refractivity contribution in [3.8, 4) is 5.75 Å². The topological polar surface area (TPSA) is 60.9 Å². The van der Waals surface area contributed by atoms with Crippen molar-refractivity contribution in [3.63, 3.8) is 0 Å². The predicted molar refractivity (Wildman–Crippen MR) is 96.1 cm³/mol. The number of hydrogen-bond donors (Lipinski definition) is 1. The highest BCUT2D eigenvalue weighted by molar-refractivity contribution is 5.89. The van der Waals surface area contributed by atoms with Gasteiger partial charge in [0.25, 0.3) is 0 Å². The number of rotatable bonds is 7. The van der Waals surface area contributed by atoms with Crippen LogP contribution in [0.4, 0.5) is 0 Å². The van der Waals surface area contributed by atoms with Crippen LogP contribution in [-0.2, 0) is 16.0 Å². The number of aryl methyl sites for hydroxylation is 1. The third-order valence-corrected chi connectivity index (χ3v) is 4.42. The number of aromatic hydroxyl groups is 1. The number of phenolic OH excluding ortho intramolecular Hbond substituents is 1. The van der Waals surface area contributed by atoms with Gasteiger partial charge in [-0.05, 0) is 57.5 Å². The molecule has 2 atom stereocenters. The summed E-state index contributed by atoms with van der Waals surface area (Å²) in [5.74, 6) is 0.289. The maximum Gasteiger partial charge on any atom is 0.240 e. The van der Waals surface area contributed by atoms with Gasteiger partial charge < -0.3 is 10.0 Å². The van der Waals surface area contributed by atoms with E-state index < -0.39 is 6.04 Å². The van der Waals surface area contributed by atoms with Crippen molar-refractivity contribution in [2.24, 2.45) is 5.92 Å². The zero-order valence-corrected chi connectivity index (χ0v) is 15.8. The van der Waals surface area contributed by atoms with E-state index in [0.717, 1.165) is 11.1 Å². The van der Waals surface area contributed by atoms with Crippen LogP contribution in [-0.4, -0.2) is 59.8 Å². The number of amides is 1. The van der Waals surface area contributed by atoms with Crippen LogP contribution in [0.25, 0.3) is 0 Å². The van der Waals surface area contributed by atoms with Gasteiger partial charge in [-0.1, -0.05) is 26.0 Å². The van der Waals surface area contributed by atoms with E-state index in [1.54, 1.807) is 24.1 Å². The number of carbonyl (C=O) groups is 2. The summed E-state index contributed by atoms with van der Waals surface area (Å²) in [4.78, 5) is 28.5. The van der Waals surface area contributed by atoms with Gasteiger partial charge in [-0.2, -0.15) is 0 Å². The number of benzene rings is 1. The molecular formula is C19H30N2O3. The summed E-state index contributed by atoms with van der Waals surface area (Å²) in [6.07, 6.45) is 0.441. The Kier molecular flexibility index (Phi) is 6.96. The summed E-state index contributed by atoms with van der Waals surface area (Å²) in [5.41, 5.74) is 1.69. The number of Topliss-reactive ketones (excluding diaryl/α,β-unsaturated/α-hetero) is 1. The molecule has 1 aromatic carbocycles. The van der Waals surface area contributed by atoms with Gasteiger partial charge in [0, 0.05) is 7.05 Å². The minimum Gasteiger partial charge on any atom is -0.508 e. The Morgan fingerprint density at radius 3 is 2.17 bits per heavy atom. The molecular weight excluding hydrogens is 304 g/mol. The van der Waals surface area contributed by atoms with Crippen LogP contribution >= 0.6 is 0 Å². The van der Waals surface area contributed by atoms with Crippen molar-refractivity contribution in [2.45, 2.75) is 46.2 Å². The summed E-state index contributed by atoms with van der Waals surface area (Å²) in [7, 11) is 5.45. The minimum absolute atomic E-state index is 0.0437. The molecule has 24 heavy (non-hydrogen) atoms. The lowest BCUT2D eigenvalue weighted by Gasteiger charge is -2.34. The Morgan fingerprint density at radius 2 is 1.75 bits per heavy atom. The molecule has 0 saturated carbocycles. The van der Waals surface area contributed by atoms with Gasteiger partial charge >= 0.3 is 0 Å². The van der Waals surface area contributed by atoms with Crippen LogP contribution in [0.1, 0.15) is 31.9 Å². The van der Waals surface area contributed by atoms with Crippen LogP contribution in [0.5, 0.6) is 5.75 Å². The molecule has 0 bridgehead atoms. The monoisotopic (exact) mass is 334 g/mol. The molecule has 0 aliphatic heterocycles. The van der Waals surface area contributed by atoms with E-state index in [9.17, 15) is 14.7 Å². The molecule has 0 spiro atoms. The van der Waals surface area contributed by atoms with Crippen molar-refractivity contribution < 1.29 is 14.7 Å². The molecule has 5 heteroatoms. The third kappa shape index (κ3) is 4.81. The van der Waals surface area contributed by atoms with Crippen molar-refractivity contribution >= 4 is 11.7 Å². The first kappa shape index (κ1) is 20.2. The molecule has 134 valence electrons. The Labute approximate surface area is 145 Å². The molecule has 1 amide bonds. The van der Waals surface area contributed by atoms with Gasteiger partial charge in [-0.25, -0.2) is 0 Å². The van der Waals surface area contributed by atoms with Crippen molar-refractivity contribution in [1.82, 2.24) is 9.80 Å². The molecule has 1 N–H and O–H groups in total. The fourth-order valence-corrected chi connectivity index (χ4v) is 3.09. The number of hydrogen-bond acceptors (Lipinski definition) is 4. The van der Waals surface area contributed by atoms with E-state index in [1.807, 2.05) is 45.8 Å². The van der Waals surface area contributed by atoms with Crippen LogP contribution < -0.4 is 0 Å². The highest BCUT2D eigenvalue weighted by Crippen LogP contribution is 2.20. The van der Waals surface area contributed by atoms with E-state index in [0.29, 0.717) is 6.42 Å². The summed E-state index contributed by atoms with van der Waals surface area (Å²) in [6, 6.07) is 4.50. The summed E-state index contributed by atoms with van der Waals surface area (Å²) in [5, 5.41) is 9.64. The number of ketones is 1. The first-order valence-electron chi connectivity index (χ1n) is 8.28. The Hall–Kier alpha value is -1.88. The lowest BCUT2D eigenvalue weighted by molar-refractivity contribution is -0.142. The van der Waals surface area contributed by atoms with Gasteiger partial charge in [0.15, 0.2) is 5.78 Å². The maximum atomic E-state index is 12.9. The molecule has 0 radical (unpaired) electrons. The SMILES string of the molecule is CC(=O)[C@H](Cc1ccc(O)c(C)c1)N(C)C(=O)[C@H](C(C)C)N(C)C. The summed E-state index contributed by atoms with van der Waals surface area (Å²) < 4.78 is 0. The smallest absolute Gasteiger partial charge is 0.240 e. The number of carbonyl (C=O) groups excluding carboxylic acids is 2. The van der Waals surface area contributed by atoms with Crippen LogP contribution in [0.15, 0.2) is 18.2 Å². The quantitative estimate of drug-likeness (QED) is 0.831.